The summed E-state index contributed by atoms with van der Waals surface area (Å²) in [5, 5.41) is 3.49. The second-order valence-corrected chi connectivity index (χ2v) is 4.49. The molecule has 0 aliphatic carbocycles. The van der Waals surface area contributed by atoms with Gasteiger partial charge in [-0.3, -0.25) is 0 Å². The van der Waals surface area contributed by atoms with E-state index in [1.54, 1.807) is 6.33 Å². The number of aromatic nitrogens is 2. The number of benzene rings is 1. The lowest BCUT2D eigenvalue weighted by molar-refractivity contribution is 0.567. The number of aromatic amines is 1. The van der Waals surface area contributed by atoms with E-state index in [9.17, 15) is 0 Å². The van der Waals surface area contributed by atoms with Crippen LogP contribution in [0.3, 0.4) is 0 Å². The first-order chi connectivity index (χ1) is 8.16. The molecule has 0 unspecified atom stereocenters. The highest BCUT2D eigenvalue weighted by Gasteiger charge is 2.06. The van der Waals surface area contributed by atoms with Crippen LogP contribution >= 0.6 is 0 Å². The molecule has 0 aliphatic rings. The standard InChI is InChI=1S/C14H19N3/c1-10-5-4-6-13(7-10)11(2)15-8-14-12(3)16-9-17-14/h4-7,9,11,15H,8H2,1-3H3,(H,16,17)/t11-/m0/s1. The van der Waals surface area contributed by atoms with Crippen LogP contribution in [0.15, 0.2) is 30.6 Å². The number of H-pyrrole nitrogens is 1. The van der Waals surface area contributed by atoms with Gasteiger partial charge < -0.3 is 10.3 Å². The molecule has 1 heterocycles. The van der Waals surface area contributed by atoms with Crippen LogP contribution in [0.25, 0.3) is 0 Å². The molecule has 1 atom stereocenters. The van der Waals surface area contributed by atoms with Gasteiger partial charge in [-0.1, -0.05) is 29.8 Å². The first-order valence-electron chi connectivity index (χ1n) is 5.95. The van der Waals surface area contributed by atoms with Crippen LogP contribution in [0.2, 0.25) is 0 Å². The van der Waals surface area contributed by atoms with E-state index in [1.807, 2.05) is 6.92 Å². The van der Waals surface area contributed by atoms with E-state index < -0.39 is 0 Å². The number of hydrogen-bond donors (Lipinski definition) is 2. The molecule has 2 N–H and O–H groups in total. The number of nitrogens with zero attached hydrogens (tertiary/aromatic N) is 1. The number of aryl methyl sites for hydroxylation is 2. The van der Waals surface area contributed by atoms with Gasteiger partial charge in [0, 0.05) is 18.3 Å². The Kier molecular flexibility index (Phi) is 3.59. The van der Waals surface area contributed by atoms with E-state index in [0.29, 0.717) is 6.04 Å². The van der Waals surface area contributed by atoms with Crippen LogP contribution < -0.4 is 5.32 Å². The third-order valence-corrected chi connectivity index (χ3v) is 3.05. The van der Waals surface area contributed by atoms with Gasteiger partial charge in [-0.15, -0.1) is 0 Å². The summed E-state index contributed by atoms with van der Waals surface area (Å²) in [5.41, 5.74) is 4.84. The third-order valence-electron chi connectivity index (χ3n) is 3.05. The highest BCUT2D eigenvalue weighted by atomic mass is 15.0. The second-order valence-electron chi connectivity index (χ2n) is 4.49. The minimum Gasteiger partial charge on any atom is -0.348 e. The van der Waals surface area contributed by atoms with Gasteiger partial charge in [-0.2, -0.15) is 0 Å². The van der Waals surface area contributed by atoms with Crippen molar-refractivity contribution < 1.29 is 0 Å². The van der Waals surface area contributed by atoms with Crippen molar-refractivity contribution in [2.24, 2.45) is 0 Å². The Morgan fingerprint density at radius 1 is 1.35 bits per heavy atom. The molecule has 0 fully saturated rings. The minimum absolute atomic E-state index is 0.339. The molecule has 1 aromatic carbocycles. The molecule has 0 saturated heterocycles. The van der Waals surface area contributed by atoms with Crippen LogP contribution in [-0.4, -0.2) is 9.97 Å². The van der Waals surface area contributed by atoms with E-state index in [1.165, 1.54) is 11.1 Å². The van der Waals surface area contributed by atoms with E-state index in [-0.39, 0.29) is 0 Å². The largest absolute Gasteiger partial charge is 0.348 e. The molecule has 0 amide bonds. The van der Waals surface area contributed by atoms with E-state index >= 15 is 0 Å². The summed E-state index contributed by atoms with van der Waals surface area (Å²) in [6.45, 7) is 7.14. The van der Waals surface area contributed by atoms with E-state index in [4.69, 9.17) is 0 Å². The molecule has 0 spiro atoms. The van der Waals surface area contributed by atoms with Crippen molar-refractivity contribution >= 4 is 0 Å². The van der Waals surface area contributed by atoms with Crippen molar-refractivity contribution in [3.63, 3.8) is 0 Å². The Morgan fingerprint density at radius 3 is 2.82 bits per heavy atom. The van der Waals surface area contributed by atoms with Crippen LogP contribution in [0.5, 0.6) is 0 Å². The molecule has 17 heavy (non-hydrogen) atoms. The predicted octanol–water partition coefficient (Wildman–Crippen LogP) is 2.88. The normalized spacial score (nSPS) is 12.6. The molecule has 0 aliphatic heterocycles. The average molecular weight is 229 g/mol. The number of imidazole rings is 1. The van der Waals surface area contributed by atoms with Gasteiger partial charge in [0.15, 0.2) is 0 Å². The molecule has 0 bridgehead atoms. The lowest BCUT2D eigenvalue weighted by atomic mass is 10.1. The third kappa shape index (κ3) is 2.94. The van der Waals surface area contributed by atoms with E-state index in [2.05, 4.69) is 53.4 Å². The summed E-state index contributed by atoms with van der Waals surface area (Å²) < 4.78 is 0. The SMILES string of the molecule is Cc1cccc([C@H](C)NCc2nc[nH]c2C)c1. The highest BCUT2D eigenvalue weighted by Crippen LogP contribution is 2.14. The fourth-order valence-corrected chi connectivity index (χ4v) is 1.87. The van der Waals surface area contributed by atoms with Crippen molar-refractivity contribution in [3.8, 4) is 0 Å². The van der Waals surface area contributed by atoms with Crippen LogP contribution in [0, 0.1) is 13.8 Å². The Labute approximate surface area is 102 Å². The average Bonchev–Trinajstić information content (AvgIpc) is 2.72. The quantitative estimate of drug-likeness (QED) is 0.846. The summed E-state index contributed by atoms with van der Waals surface area (Å²) in [7, 11) is 0. The van der Waals surface area contributed by atoms with Crippen molar-refractivity contribution in [1.29, 1.82) is 0 Å². The molecule has 3 nitrogen and oxygen atoms in total. The predicted molar refractivity (Wildman–Crippen MR) is 69.8 cm³/mol. The maximum Gasteiger partial charge on any atom is 0.0925 e. The minimum atomic E-state index is 0.339. The molecule has 3 heteroatoms. The summed E-state index contributed by atoms with van der Waals surface area (Å²) in [4.78, 5) is 7.37. The molecule has 2 aromatic rings. The molecule has 0 saturated carbocycles. The first kappa shape index (κ1) is 11.9. The Balaban J connectivity index is 1.98. The van der Waals surface area contributed by atoms with Crippen LogP contribution in [0.4, 0.5) is 0 Å². The van der Waals surface area contributed by atoms with Crippen molar-refractivity contribution in [2.75, 3.05) is 0 Å². The zero-order valence-corrected chi connectivity index (χ0v) is 10.6. The summed E-state index contributed by atoms with van der Waals surface area (Å²) in [6.07, 6.45) is 1.74. The monoisotopic (exact) mass is 229 g/mol. The maximum absolute atomic E-state index is 4.28. The Morgan fingerprint density at radius 2 is 2.18 bits per heavy atom. The Hall–Kier alpha value is -1.61. The lowest BCUT2D eigenvalue weighted by Gasteiger charge is -2.14. The van der Waals surface area contributed by atoms with Gasteiger partial charge in [0.05, 0.1) is 12.0 Å². The van der Waals surface area contributed by atoms with Crippen molar-refractivity contribution in [2.45, 2.75) is 33.4 Å². The molecular weight excluding hydrogens is 210 g/mol. The van der Waals surface area contributed by atoms with Gasteiger partial charge in [-0.05, 0) is 26.3 Å². The number of rotatable bonds is 4. The van der Waals surface area contributed by atoms with Crippen LogP contribution in [-0.2, 0) is 6.54 Å². The second kappa shape index (κ2) is 5.15. The molecule has 2 rings (SSSR count). The smallest absolute Gasteiger partial charge is 0.0925 e. The fourth-order valence-electron chi connectivity index (χ4n) is 1.87. The first-order valence-corrected chi connectivity index (χ1v) is 5.95. The number of nitrogens with one attached hydrogen (secondary N) is 2. The maximum atomic E-state index is 4.28. The van der Waals surface area contributed by atoms with Gasteiger partial charge in [0.2, 0.25) is 0 Å². The van der Waals surface area contributed by atoms with Gasteiger partial charge in [0.25, 0.3) is 0 Å². The highest BCUT2D eigenvalue weighted by molar-refractivity contribution is 5.24. The van der Waals surface area contributed by atoms with Gasteiger partial charge in [-0.25, -0.2) is 4.98 Å². The molecular formula is C14H19N3. The van der Waals surface area contributed by atoms with Crippen molar-refractivity contribution in [3.05, 3.63) is 53.1 Å². The van der Waals surface area contributed by atoms with Crippen molar-refractivity contribution in [1.82, 2.24) is 15.3 Å². The van der Waals surface area contributed by atoms with E-state index in [0.717, 1.165) is 17.9 Å². The van der Waals surface area contributed by atoms with Gasteiger partial charge >= 0.3 is 0 Å². The molecule has 0 radical (unpaired) electrons. The summed E-state index contributed by atoms with van der Waals surface area (Å²) in [6, 6.07) is 8.93. The summed E-state index contributed by atoms with van der Waals surface area (Å²) in [5.74, 6) is 0. The zero-order valence-electron chi connectivity index (χ0n) is 10.6. The fraction of sp³-hybridized carbons (Fsp3) is 0.357. The number of hydrogen-bond acceptors (Lipinski definition) is 2. The Bertz CT molecular complexity index is 488. The summed E-state index contributed by atoms with van der Waals surface area (Å²) >= 11 is 0. The molecule has 1 aromatic heterocycles. The lowest BCUT2D eigenvalue weighted by Crippen LogP contribution is -2.18. The topological polar surface area (TPSA) is 40.7 Å². The van der Waals surface area contributed by atoms with Crippen LogP contribution in [0.1, 0.15) is 35.5 Å². The van der Waals surface area contributed by atoms with Gasteiger partial charge in [0.1, 0.15) is 0 Å². The molecule has 90 valence electrons. The zero-order chi connectivity index (χ0) is 12.3.